The SMILES string of the molecule is N#Cc1cn[nH]c1N=Nc1c(-c2ccccc2)n(CCC(=O)O)c2ccccc12. The molecule has 2 aromatic heterocycles. The van der Waals surface area contributed by atoms with E-state index in [1.807, 2.05) is 65.2 Å². The summed E-state index contributed by atoms with van der Waals surface area (Å²) < 4.78 is 1.95. The van der Waals surface area contributed by atoms with E-state index in [4.69, 9.17) is 5.26 Å². The lowest BCUT2D eigenvalue weighted by molar-refractivity contribution is -0.137. The van der Waals surface area contributed by atoms with Gasteiger partial charge in [-0.1, -0.05) is 48.5 Å². The van der Waals surface area contributed by atoms with Gasteiger partial charge in [-0.05, 0) is 6.07 Å². The number of hydrogen-bond donors (Lipinski definition) is 2. The summed E-state index contributed by atoms with van der Waals surface area (Å²) in [6, 6.07) is 19.3. The number of rotatable bonds is 6. The number of carboxylic acid groups (broad SMARTS) is 1. The predicted octanol–water partition coefficient (Wildman–Crippen LogP) is 4.79. The van der Waals surface area contributed by atoms with Crippen LogP contribution in [0, 0.1) is 11.3 Å². The van der Waals surface area contributed by atoms with Crippen LogP contribution in [-0.4, -0.2) is 25.8 Å². The predicted molar refractivity (Wildman–Crippen MR) is 107 cm³/mol. The summed E-state index contributed by atoms with van der Waals surface area (Å²) in [4.78, 5) is 11.2. The number of carbonyl (C=O) groups is 1. The maximum atomic E-state index is 11.2. The summed E-state index contributed by atoms with van der Waals surface area (Å²) in [7, 11) is 0. The molecule has 8 nitrogen and oxygen atoms in total. The molecule has 0 saturated heterocycles. The molecule has 0 radical (unpaired) electrons. The van der Waals surface area contributed by atoms with E-state index >= 15 is 0 Å². The molecule has 2 aromatic carbocycles. The highest BCUT2D eigenvalue weighted by Crippen LogP contribution is 2.41. The number of aryl methyl sites for hydroxylation is 1. The van der Waals surface area contributed by atoms with Crippen LogP contribution in [0.15, 0.2) is 71.0 Å². The van der Waals surface area contributed by atoms with Crippen LogP contribution in [0.25, 0.3) is 22.2 Å². The molecule has 0 aliphatic carbocycles. The highest BCUT2D eigenvalue weighted by Gasteiger charge is 2.19. The smallest absolute Gasteiger partial charge is 0.305 e. The molecule has 2 heterocycles. The average Bonchev–Trinajstić information content (AvgIpc) is 3.33. The quantitative estimate of drug-likeness (QED) is 0.464. The number of aliphatic carboxylic acids is 1. The lowest BCUT2D eigenvalue weighted by Crippen LogP contribution is -2.05. The first-order valence-corrected chi connectivity index (χ1v) is 8.92. The average molecular weight is 384 g/mol. The van der Waals surface area contributed by atoms with E-state index in [0.717, 1.165) is 22.2 Å². The minimum absolute atomic E-state index is 0.0196. The maximum absolute atomic E-state index is 11.2. The van der Waals surface area contributed by atoms with Crippen LogP contribution < -0.4 is 0 Å². The van der Waals surface area contributed by atoms with Gasteiger partial charge in [0.1, 0.15) is 17.3 Å². The van der Waals surface area contributed by atoms with Crippen LogP contribution >= 0.6 is 0 Å². The second kappa shape index (κ2) is 7.78. The zero-order chi connectivity index (χ0) is 20.2. The summed E-state index contributed by atoms with van der Waals surface area (Å²) in [5, 5.41) is 34.4. The zero-order valence-corrected chi connectivity index (χ0v) is 15.3. The van der Waals surface area contributed by atoms with Crippen LogP contribution in [0.1, 0.15) is 12.0 Å². The van der Waals surface area contributed by atoms with Gasteiger partial charge in [0.25, 0.3) is 0 Å². The normalized spacial score (nSPS) is 11.1. The molecule has 4 rings (SSSR count). The van der Waals surface area contributed by atoms with Crippen molar-refractivity contribution in [2.24, 2.45) is 10.2 Å². The molecular weight excluding hydrogens is 368 g/mol. The standard InChI is InChI=1S/C21H16N6O2/c22-12-15-13-23-25-21(15)26-24-19-16-8-4-5-9-17(16)27(11-10-18(28)29)20(19)14-6-2-1-3-7-14/h1-9,13H,10-11H2,(H,23,25)(H,28,29). The second-order valence-corrected chi connectivity index (χ2v) is 6.32. The largest absolute Gasteiger partial charge is 0.481 e. The summed E-state index contributed by atoms with van der Waals surface area (Å²) >= 11 is 0. The first-order valence-electron chi connectivity index (χ1n) is 8.92. The minimum atomic E-state index is -0.874. The van der Waals surface area contributed by atoms with E-state index < -0.39 is 5.97 Å². The van der Waals surface area contributed by atoms with Crippen molar-refractivity contribution >= 4 is 28.4 Å². The van der Waals surface area contributed by atoms with Crippen molar-refractivity contribution in [3.05, 3.63) is 66.4 Å². The van der Waals surface area contributed by atoms with Crippen molar-refractivity contribution in [1.29, 1.82) is 5.26 Å². The molecule has 0 aliphatic rings. The first kappa shape index (κ1) is 18.1. The number of H-pyrrole nitrogens is 1. The third-order valence-electron chi connectivity index (χ3n) is 4.53. The third-order valence-corrected chi connectivity index (χ3v) is 4.53. The monoisotopic (exact) mass is 384 g/mol. The molecule has 2 N–H and O–H groups in total. The molecular formula is C21H16N6O2. The molecule has 0 unspecified atom stereocenters. The van der Waals surface area contributed by atoms with E-state index in [0.29, 0.717) is 17.8 Å². The number of nitrogens with zero attached hydrogens (tertiary/aromatic N) is 5. The number of nitriles is 1. The van der Waals surface area contributed by atoms with Gasteiger partial charge in [-0.15, -0.1) is 10.2 Å². The fourth-order valence-corrected chi connectivity index (χ4v) is 3.25. The van der Waals surface area contributed by atoms with E-state index in [-0.39, 0.29) is 12.2 Å². The number of para-hydroxylation sites is 1. The Bertz CT molecular complexity index is 1250. The number of carboxylic acids is 1. The lowest BCUT2D eigenvalue weighted by Gasteiger charge is -2.10. The highest BCUT2D eigenvalue weighted by molar-refractivity contribution is 6.00. The second-order valence-electron chi connectivity index (χ2n) is 6.32. The Morgan fingerprint density at radius 1 is 1.14 bits per heavy atom. The Labute approximate surface area is 165 Å². The van der Waals surface area contributed by atoms with Gasteiger partial charge in [-0.2, -0.15) is 10.4 Å². The Hall–Kier alpha value is -4.25. The molecule has 8 heteroatoms. The molecule has 0 bridgehead atoms. The van der Waals surface area contributed by atoms with E-state index in [2.05, 4.69) is 20.4 Å². The van der Waals surface area contributed by atoms with Gasteiger partial charge in [0.05, 0.1) is 23.8 Å². The molecule has 29 heavy (non-hydrogen) atoms. The summed E-state index contributed by atoms with van der Waals surface area (Å²) in [6.45, 7) is 0.295. The van der Waals surface area contributed by atoms with Crippen LogP contribution in [0.2, 0.25) is 0 Å². The summed E-state index contributed by atoms with van der Waals surface area (Å²) in [6.07, 6.45) is 1.37. The van der Waals surface area contributed by atoms with Gasteiger partial charge in [0.15, 0.2) is 5.82 Å². The van der Waals surface area contributed by atoms with Gasteiger partial charge in [0, 0.05) is 17.5 Å². The number of nitrogens with one attached hydrogen (secondary N) is 1. The molecule has 0 spiro atoms. The number of aromatic amines is 1. The Morgan fingerprint density at radius 2 is 1.90 bits per heavy atom. The number of azo groups is 1. The topological polar surface area (TPSA) is 119 Å². The van der Waals surface area contributed by atoms with Crippen LogP contribution in [0.4, 0.5) is 11.5 Å². The third kappa shape index (κ3) is 3.49. The molecule has 0 atom stereocenters. The van der Waals surface area contributed by atoms with Crippen molar-refractivity contribution in [3.63, 3.8) is 0 Å². The summed E-state index contributed by atoms with van der Waals surface area (Å²) in [5.41, 5.74) is 3.44. The van der Waals surface area contributed by atoms with Crippen molar-refractivity contribution in [2.75, 3.05) is 0 Å². The van der Waals surface area contributed by atoms with Crippen LogP contribution in [-0.2, 0) is 11.3 Å². The highest BCUT2D eigenvalue weighted by atomic mass is 16.4. The van der Waals surface area contributed by atoms with Crippen LogP contribution in [0.5, 0.6) is 0 Å². The molecule has 0 saturated carbocycles. The van der Waals surface area contributed by atoms with E-state index in [1.165, 1.54) is 6.20 Å². The van der Waals surface area contributed by atoms with Gasteiger partial charge >= 0.3 is 5.97 Å². The summed E-state index contributed by atoms with van der Waals surface area (Å²) in [5.74, 6) is -0.602. The number of fused-ring (bicyclic) bond motifs is 1. The molecule has 142 valence electrons. The van der Waals surface area contributed by atoms with Gasteiger partial charge in [-0.3, -0.25) is 9.89 Å². The molecule has 4 aromatic rings. The minimum Gasteiger partial charge on any atom is -0.481 e. The number of hydrogen-bond acceptors (Lipinski definition) is 5. The lowest BCUT2D eigenvalue weighted by atomic mass is 10.1. The molecule has 0 amide bonds. The van der Waals surface area contributed by atoms with Crippen molar-refractivity contribution in [3.8, 4) is 17.3 Å². The fraction of sp³-hybridized carbons (Fsp3) is 0.0952. The van der Waals surface area contributed by atoms with Gasteiger partial charge in [0.2, 0.25) is 0 Å². The maximum Gasteiger partial charge on any atom is 0.305 e. The van der Waals surface area contributed by atoms with Crippen LogP contribution in [0.3, 0.4) is 0 Å². The first-order chi connectivity index (χ1) is 14.2. The Kier molecular flexibility index (Phi) is 4.86. The van der Waals surface area contributed by atoms with Crippen molar-refractivity contribution in [2.45, 2.75) is 13.0 Å². The molecule has 0 fully saturated rings. The van der Waals surface area contributed by atoms with E-state index in [9.17, 15) is 9.90 Å². The number of aromatic nitrogens is 3. The number of benzene rings is 2. The van der Waals surface area contributed by atoms with Crippen molar-refractivity contribution < 1.29 is 9.90 Å². The van der Waals surface area contributed by atoms with Gasteiger partial charge in [-0.25, -0.2) is 0 Å². The Morgan fingerprint density at radius 3 is 2.66 bits per heavy atom. The van der Waals surface area contributed by atoms with E-state index in [1.54, 1.807) is 0 Å². The Balaban J connectivity index is 1.95. The van der Waals surface area contributed by atoms with Gasteiger partial charge < -0.3 is 9.67 Å². The van der Waals surface area contributed by atoms with Crippen molar-refractivity contribution in [1.82, 2.24) is 14.8 Å². The zero-order valence-electron chi connectivity index (χ0n) is 15.3. The fourth-order valence-electron chi connectivity index (χ4n) is 3.25. The molecule has 0 aliphatic heterocycles.